The Morgan fingerprint density at radius 2 is 1.80 bits per heavy atom. The number of hydrogen-bond donors (Lipinski definition) is 2. The maximum absolute atomic E-state index is 12.5. The van der Waals surface area contributed by atoms with Crippen molar-refractivity contribution in [2.45, 2.75) is 22.8 Å². The van der Waals surface area contributed by atoms with Gasteiger partial charge in [0.1, 0.15) is 6.61 Å². The van der Waals surface area contributed by atoms with Gasteiger partial charge in [-0.05, 0) is 48.9 Å². The van der Waals surface area contributed by atoms with Crippen molar-refractivity contribution < 1.29 is 14.3 Å². The Morgan fingerprint density at radius 1 is 1.03 bits per heavy atom. The summed E-state index contributed by atoms with van der Waals surface area (Å²) in [6.45, 7) is 2.01. The predicted octanol–water partition coefficient (Wildman–Crippen LogP) is 4.58. The molecular formula is C23H19N3O3S. The molecule has 2 aliphatic rings. The van der Waals surface area contributed by atoms with Gasteiger partial charge in [0.25, 0.3) is 5.91 Å². The van der Waals surface area contributed by atoms with E-state index in [1.54, 1.807) is 17.8 Å². The number of hydrazone groups is 1. The van der Waals surface area contributed by atoms with Gasteiger partial charge < -0.3 is 14.8 Å². The Balaban J connectivity index is 1.28. The van der Waals surface area contributed by atoms with Crippen LogP contribution < -0.4 is 20.2 Å². The molecule has 0 fully saturated rings. The fourth-order valence-corrected chi connectivity index (χ4v) is 4.26. The van der Waals surface area contributed by atoms with Crippen LogP contribution in [0.1, 0.15) is 12.5 Å². The molecule has 0 bridgehead atoms. The van der Waals surface area contributed by atoms with Crippen LogP contribution in [-0.2, 0) is 4.79 Å². The zero-order chi connectivity index (χ0) is 20.5. The van der Waals surface area contributed by atoms with E-state index in [0.717, 1.165) is 21.8 Å². The number of amides is 1. The normalized spacial score (nSPS) is 16.7. The molecule has 1 atom stereocenters. The van der Waals surface area contributed by atoms with Crippen LogP contribution in [0.5, 0.6) is 11.5 Å². The number of ether oxygens (including phenoxy) is 2. The van der Waals surface area contributed by atoms with E-state index in [-0.39, 0.29) is 12.5 Å². The largest absolute Gasteiger partial charge is 0.485 e. The van der Waals surface area contributed by atoms with Crippen molar-refractivity contribution in [3.05, 3.63) is 72.3 Å². The molecule has 3 aromatic rings. The first-order chi connectivity index (χ1) is 14.7. The summed E-state index contributed by atoms with van der Waals surface area (Å²) in [6, 6.07) is 21.6. The van der Waals surface area contributed by atoms with E-state index in [1.165, 1.54) is 4.90 Å². The summed E-state index contributed by atoms with van der Waals surface area (Å²) < 4.78 is 11.3. The number of para-hydroxylation sites is 3. The summed E-state index contributed by atoms with van der Waals surface area (Å²) in [5, 5.41) is 7.73. The van der Waals surface area contributed by atoms with Gasteiger partial charge in [0.05, 0.1) is 17.1 Å². The Bertz CT molecular complexity index is 1160. The summed E-state index contributed by atoms with van der Waals surface area (Å²) in [5.74, 6) is 0.856. The van der Waals surface area contributed by atoms with Gasteiger partial charge in [-0.1, -0.05) is 42.1 Å². The second kappa shape index (κ2) is 7.76. The molecule has 5 rings (SSSR count). The molecule has 3 aromatic carbocycles. The Morgan fingerprint density at radius 3 is 2.70 bits per heavy atom. The van der Waals surface area contributed by atoms with E-state index in [4.69, 9.17) is 9.47 Å². The summed E-state index contributed by atoms with van der Waals surface area (Å²) in [7, 11) is 0. The van der Waals surface area contributed by atoms with Crippen molar-refractivity contribution in [2.24, 2.45) is 5.10 Å². The second-order valence-corrected chi connectivity index (χ2v) is 8.06. The highest BCUT2D eigenvalue weighted by molar-refractivity contribution is 7.99. The molecule has 0 spiro atoms. The first-order valence-electron chi connectivity index (χ1n) is 9.58. The summed E-state index contributed by atoms with van der Waals surface area (Å²) in [6.07, 6.45) is -0.741. The maximum Gasteiger partial charge on any atom is 0.284 e. The lowest BCUT2D eigenvalue weighted by molar-refractivity contribution is -0.130. The lowest BCUT2D eigenvalue weighted by Gasteiger charge is -2.24. The molecule has 30 heavy (non-hydrogen) atoms. The van der Waals surface area contributed by atoms with Crippen molar-refractivity contribution in [1.82, 2.24) is 5.43 Å². The van der Waals surface area contributed by atoms with Crippen LogP contribution in [0.3, 0.4) is 0 Å². The molecule has 0 unspecified atom stereocenters. The molecule has 2 N–H and O–H groups in total. The van der Waals surface area contributed by atoms with Crippen molar-refractivity contribution in [1.29, 1.82) is 0 Å². The van der Waals surface area contributed by atoms with E-state index >= 15 is 0 Å². The molecule has 0 saturated heterocycles. The quantitative estimate of drug-likeness (QED) is 0.377. The number of hydrogen-bond acceptors (Lipinski definition) is 6. The van der Waals surface area contributed by atoms with Gasteiger partial charge in [-0.3, -0.25) is 4.79 Å². The average molecular weight is 417 g/mol. The number of carbonyl (C=O) groups is 1. The molecule has 0 aliphatic carbocycles. The molecule has 7 heteroatoms. The first kappa shape index (κ1) is 18.6. The van der Waals surface area contributed by atoms with Crippen LogP contribution >= 0.6 is 11.8 Å². The average Bonchev–Trinajstić information content (AvgIpc) is 2.80. The van der Waals surface area contributed by atoms with Gasteiger partial charge in [0.15, 0.2) is 11.5 Å². The number of carbonyl (C=O) groups excluding carboxylic acids is 1. The van der Waals surface area contributed by atoms with Crippen molar-refractivity contribution in [3.63, 3.8) is 0 Å². The van der Waals surface area contributed by atoms with Crippen LogP contribution in [0.25, 0.3) is 0 Å². The predicted molar refractivity (Wildman–Crippen MR) is 117 cm³/mol. The zero-order valence-corrected chi connectivity index (χ0v) is 17.0. The highest BCUT2D eigenvalue weighted by Gasteiger charge is 2.27. The van der Waals surface area contributed by atoms with Crippen molar-refractivity contribution in [3.8, 4) is 11.5 Å². The van der Waals surface area contributed by atoms with Crippen molar-refractivity contribution >= 4 is 34.8 Å². The lowest BCUT2D eigenvalue weighted by Crippen LogP contribution is -2.42. The lowest BCUT2D eigenvalue weighted by atomic mass is 10.1. The highest BCUT2D eigenvalue weighted by atomic mass is 32.2. The van der Waals surface area contributed by atoms with Gasteiger partial charge in [-0.25, -0.2) is 5.43 Å². The van der Waals surface area contributed by atoms with E-state index in [1.807, 2.05) is 49.4 Å². The molecular weight excluding hydrogens is 398 g/mol. The minimum atomic E-state index is -0.741. The molecule has 1 amide bonds. The summed E-state index contributed by atoms with van der Waals surface area (Å²) in [4.78, 5) is 14.8. The number of benzene rings is 3. The van der Waals surface area contributed by atoms with Crippen molar-refractivity contribution in [2.75, 3.05) is 11.9 Å². The molecule has 2 heterocycles. The standard InChI is InChI=1S/C23H19N3O3S/c1-14(25-26-23(27)20-13-28-18-7-3-4-8-19(18)29-20)15-10-11-22-17(12-15)24-16-6-2-5-9-21(16)30-22/h2-12,20,24H,13H2,1H3,(H,26,27)/b25-14-/t20-/m1/s1. The molecule has 0 saturated carbocycles. The molecule has 6 nitrogen and oxygen atoms in total. The Labute approximate surface area is 178 Å². The highest BCUT2D eigenvalue weighted by Crippen LogP contribution is 2.44. The molecule has 150 valence electrons. The van der Waals surface area contributed by atoms with Gasteiger partial charge in [0, 0.05) is 9.79 Å². The van der Waals surface area contributed by atoms with Crippen LogP contribution in [-0.4, -0.2) is 24.3 Å². The summed E-state index contributed by atoms with van der Waals surface area (Å²) >= 11 is 1.73. The number of nitrogens with zero attached hydrogens (tertiary/aromatic N) is 1. The fourth-order valence-electron chi connectivity index (χ4n) is 3.29. The number of anilines is 2. The van der Waals surface area contributed by atoms with Crippen LogP contribution in [0, 0.1) is 0 Å². The third kappa shape index (κ3) is 3.59. The van der Waals surface area contributed by atoms with Gasteiger partial charge in [0.2, 0.25) is 6.10 Å². The third-order valence-corrected chi connectivity index (χ3v) is 6.06. The molecule has 2 aliphatic heterocycles. The van der Waals surface area contributed by atoms with E-state index in [2.05, 4.69) is 34.0 Å². The van der Waals surface area contributed by atoms with Gasteiger partial charge >= 0.3 is 0 Å². The Hall–Kier alpha value is -3.45. The zero-order valence-electron chi connectivity index (χ0n) is 16.2. The second-order valence-electron chi connectivity index (χ2n) is 6.97. The Kier molecular flexibility index (Phi) is 4.80. The minimum Gasteiger partial charge on any atom is -0.485 e. The number of nitrogens with one attached hydrogen (secondary N) is 2. The number of rotatable bonds is 3. The summed E-state index contributed by atoms with van der Waals surface area (Å²) in [5.41, 5.74) is 6.34. The van der Waals surface area contributed by atoms with Crippen LogP contribution in [0.2, 0.25) is 0 Å². The smallest absolute Gasteiger partial charge is 0.284 e. The monoisotopic (exact) mass is 417 g/mol. The maximum atomic E-state index is 12.5. The SMILES string of the molecule is C/C(=N/NC(=O)[C@H]1COc2ccccc2O1)c1ccc2c(c1)Nc1ccccc1S2. The molecule has 0 aromatic heterocycles. The third-order valence-electron chi connectivity index (χ3n) is 4.91. The van der Waals surface area contributed by atoms with Gasteiger partial charge in [-0.2, -0.15) is 5.10 Å². The van der Waals surface area contributed by atoms with E-state index in [9.17, 15) is 4.79 Å². The van der Waals surface area contributed by atoms with E-state index in [0.29, 0.717) is 17.2 Å². The first-order valence-corrected chi connectivity index (χ1v) is 10.4. The molecule has 0 radical (unpaired) electrons. The van der Waals surface area contributed by atoms with Crippen LogP contribution in [0.4, 0.5) is 11.4 Å². The minimum absolute atomic E-state index is 0.150. The number of fused-ring (bicyclic) bond motifs is 3. The van der Waals surface area contributed by atoms with Gasteiger partial charge in [-0.15, -0.1) is 0 Å². The topological polar surface area (TPSA) is 72.0 Å². The van der Waals surface area contributed by atoms with Crippen LogP contribution in [0.15, 0.2) is 81.6 Å². The van der Waals surface area contributed by atoms with E-state index < -0.39 is 6.10 Å². The fraction of sp³-hybridized carbons (Fsp3) is 0.130.